The first-order valence-corrected chi connectivity index (χ1v) is 13.3. The normalized spacial score (nSPS) is 18.0. The van der Waals surface area contributed by atoms with Gasteiger partial charge >= 0.3 is 5.97 Å². The molecule has 1 saturated heterocycles. The van der Waals surface area contributed by atoms with Gasteiger partial charge in [0.15, 0.2) is 5.75 Å². The summed E-state index contributed by atoms with van der Waals surface area (Å²) >= 11 is 0. The lowest BCUT2D eigenvalue weighted by Gasteiger charge is -2.47. The number of carbonyl (C=O) groups excluding carboxylic acids is 3. The Morgan fingerprint density at radius 1 is 1.05 bits per heavy atom. The largest absolute Gasteiger partial charge is 0.494 e. The number of nitrogens with zero attached hydrogens (tertiary/aromatic N) is 5. The van der Waals surface area contributed by atoms with Crippen molar-refractivity contribution in [3.63, 3.8) is 0 Å². The molecule has 2 aliphatic heterocycles. The number of fused-ring (bicyclic) bond motifs is 1. The number of nitro groups is 1. The van der Waals surface area contributed by atoms with E-state index in [0.717, 1.165) is 17.7 Å². The molecule has 0 aliphatic carbocycles. The van der Waals surface area contributed by atoms with Gasteiger partial charge in [0.1, 0.15) is 17.1 Å². The van der Waals surface area contributed by atoms with Gasteiger partial charge in [0.2, 0.25) is 0 Å². The predicted molar refractivity (Wildman–Crippen MR) is 148 cm³/mol. The Balaban J connectivity index is 1.55. The number of non-ortho nitro benzene ring substituents is 1. The zero-order chi connectivity index (χ0) is 29.9. The van der Waals surface area contributed by atoms with Crippen LogP contribution in [-0.4, -0.2) is 54.1 Å². The molecule has 13 heteroatoms. The molecule has 1 fully saturated rings. The molecule has 0 radical (unpaired) electrons. The van der Waals surface area contributed by atoms with Gasteiger partial charge in [0.25, 0.3) is 17.5 Å². The minimum absolute atomic E-state index is 0.0367. The van der Waals surface area contributed by atoms with E-state index in [4.69, 9.17) is 14.3 Å². The first-order chi connectivity index (χ1) is 19.4. The third-order valence-corrected chi connectivity index (χ3v) is 7.29. The highest BCUT2D eigenvalue weighted by atomic mass is 16.7. The molecule has 0 spiro atoms. The minimum Gasteiger partial charge on any atom is -0.494 e. The highest BCUT2D eigenvalue weighted by molar-refractivity contribution is 6.01. The van der Waals surface area contributed by atoms with Crippen LogP contribution in [0.15, 0.2) is 40.6 Å². The van der Waals surface area contributed by atoms with E-state index >= 15 is 0 Å². The third-order valence-electron chi connectivity index (χ3n) is 7.29. The Morgan fingerprint density at radius 3 is 2.32 bits per heavy atom. The smallest absolute Gasteiger partial charge is 0.333 e. The van der Waals surface area contributed by atoms with Gasteiger partial charge in [0.05, 0.1) is 25.2 Å². The topological polar surface area (TPSA) is 153 Å². The summed E-state index contributed by atoms with van der Waals surface area (Å²) in [5.74, 6) is -0.757. The van der Waals surface area contributed by atoms with Crippen LogP contribution < -0.4 is 14.4 Å². The van der Waals surface area contributed by atoms with Crippen molar-refractivity contribution >= 4 is 40.5 Å². The first kappa shape index (κ1) is 29.4. The summed E-state index contributed by atoms with van der Waals surface area (Å²) in [6, 6.07) is 7.91. The summed E-state index contributed by atoms with van der Waals surface area (Å²) in [7, 11) is 2.94. The molecule has 218 valence electrons. The zero-order valence-electron chi connectivity index (χ0n) is 23.7. The molecule has 2 aliphatic rings. The number of azo groups is 1. The molecule has 2 aromatic carbocycles. The number of hydrogen-bond acceptors (Lipinski definition) is 11. The van der Waals surface area contributed by atoms with Crippen LogP contribution in [0.4, 0.5) is 22.7 Å². The van der Waals surface area contributed by atoms with Crippen molar-refractivity contribution in [2.75, 3.05) is 25.7 Å². The van der Waals surface area contributed by atoms with E-state index in [1.807, 2.05) is 12.1 Å². The number of hydroxylamine groups is 2. The Kier molecular flexibility index (Phi) is 8.55. The first-order valence-electron chi connectivity index (χ1n) is 13.3. The zero-order valence-corrected chi connectivity index (χ0v) is 23.7. The van der Waals surface area contributed by atoms with Crippen molar-refractivity contribution in [3.8, 4) is 11.5 Å². The van der Waals surface area contributed by atoms with Crippen LogP contribution in [0.3, 0.4) is 0 Å². The predicted octanol–water partition coefficient (Wildman–Crippen LogP) is 5.51. The quantitative estimate of drug-likeness (QED) is 0.156. The summed E-state index contributed by atoms with van der Waals surface area (Å²) in [6.45, 7) is 6.92. The molecule has 0 saturated carbocycles. The maximum atomic E-state index is 12.4. The monoisotopic (exact) mass is 567 g/mol. The van der Waals surface area contributed by atoms with E-state index in [2.05, 4.69) is 35.9 Å². The fourth-order valence-electron chi connectivity index (χ4n) is 5.32. The second-order valence-corrected chi connectivity index (χ2v) is 10.6. The Hall–Kier alpha value is -4.55. The van der Waals surface area contributed by atoms with E-state index in [-0.39, 0.29) is 42.2 Å². The minimum atomic E-state index is -0.632. The molecule has 2 aromatic rings. The van der Waals surface area contributed by atoms with Gasteiger partial charge < -0.3 is 19.2 Å². The van der Waals surface area contributed by atoms with Crippen molar-refractivity contribution in [2.45, 2.75) is 64.3 Å². The number of nitro benzene ring substituents is 1. The van der Waals surface area contributed by atoms with Crippen molar-refractivity contribution < 1.29 is 33.6 Å². The molecular weight excluding hydrogens is 534 g/mol. The van der Waals surface area contributed by atoms with E-state index in [0.29, 0.717) is 35.2 Å². The molecule has 41 heavy (non-hydrogen) atoms. The van der Waals surface area contributed by atoms with Gasteiger partial charge in [-0.2, -0.15) is 0 Å². The second kappa shape index (κ2) is 11.9. The summed E-state index contributed by atoms with van der Waals surface area (Å²) in [4.78, 5) is 53.6. The number of rotatable bonds is 10. The van der Waals surface area contributed by atoms with Gasteiger partial charge in [-0.05, 0) is 50.3 Å². The Morgan fingerprint density at radius 2 is 1.68 bits per heavy atom. The van der Waals surface area contributed by atoms with Gasteiger partial charge in [0, 0.05) is 49.2 Å². The SMILES string of the molecule is COc1cc([N+](=O)[O-])ccc1/N=N/c1cc2c(cc1OC)N(CCCC(=O)ON1C(=O)CCC1=O)C(C)(C)CC2C. The summed E-state index contributed by atoms with van der Waals surface area (Å²) < 4.78 is 10.9. The van der Waals surface area contributed by atoms with E-state index in [1.54, 1.807) is 0 Å². The number of imide groups is 1. The van der Waals surface area contributed by atoms with Crippen LogP contribution in [-0.2, 0) is 19.2 Å². The number of anilines is 1. The lowest BCUT2D eigenvalue weighted by molar-refractivity contribution is -0.384. The fraction of sp³-hybridized carbons (Fsp3) is 0.464. The standard InChI is InChI=1S/C28H33N5O8/c1-17-16-28(2,3)31(12-6-7-27(36)41-32-25(34)10-11-26(32)35)22-15-24(40-5)21(14-19(17)22)30-29-20-9-8-18(33(37)38)13-23(20)39-4/h8-9,13-15,17H,6-7,10-12,16H2,1-5H3/b30-29+. The molecule has 4 rings (SSSR count). The van der Waals surface area contributed by atoms with Crippen LogP contribution >= 0.6 is 0 Å². The summed E-state index contributed by atoms with van der Waals surface area (Å²) in [5, 5.41) is 20.3. The number of benzene rings is 2. The Labute approximate surface area is 237 Å². The maximum Gasteiger partial charge on any atom is 0.333 e. The third kappa shape index (κ3) is 6.28. The molecule has 1 unspecified atom stereocenters. The lowest BCUT2D eigenvalue weighted by atomic mass is 9.79. The average Bonchev–Trinajstić information content (AvgIpc) is 3.24. The highest BCUT2D eigenvalue weighted by Gasteiger charge is 2.37. The number of hydrogen-bond donors (Lipinski definition) is 0. The molecule has 13 nitrogen and oxygen atoms in total. The second-order valence-electron chi connectivity index (χ2n) is 10.6. The maximum absolute atomic E-state index is 12.4. The number of methoxy groups -OCH3 is 2. The molecule has 0 bridgehead atoms. The summed E-state index contributed by atoms with van der Waals surface area (Å²) in [5.41, 5.74) is 2.44. The lowest BCUT2D eigenvalue weighted by Crippen LogP contribution is -2.49. The average molecular weight is 568 g/mol. The number of carbonyl (C=O) groups is 3. The van der Waals surface area contributed by atoms with E-state index in [9.17, 15) is 24.5 Å². The molecule has 1 atom stereocenters. The number of amides is 2. The Bertz CT molecular complexity index is 1390. The van der Waals surface area contributed by atoms with Gasteiger partial charge in [-0.15, -0.1) is 15.3 Å². The molecule has 0 aromatic heterocycles. The van der Waals surface area contributed by atoms with E-state index < -0.39 is 22.7 Å². The van der Waals surface area contributed by atoms with Crippen molar-refractivity contribution in [2.24, 2.45) is 10.2 Å². The van der Waals surface area contributed by atoms with Crippen LogP contribution in [0.2, 0.25) is 0 Å². The van der Waals surface area contributed by atoms with Gasteiger partial charge in [-0.1, -0.05) is 6.92 Å². The van der Waals surface area contributed by atoms with Crippen molar-refractivity contribution in [1.82, 2.24) is 5.06 Å². The van der Waals surface area contributed by atoms with Crippen LogP contribution in [0.1, 0.15) is 64.4 Å². The number of ether oxygens (including phenoxy) is 2. The molecule has 0 N–H and O–H groups in total. The highest BCUT2D eigenvalue weighted by Crippen LogP contribution is 2.48. The molecule has 2 amide bonds. The van der Waals surface area contributed by atoms with Gasteiger partial charge in [-0.25, -0.2) is 4.79 Å². The van der Waals surface area contributed by atoms with Crippen molar-refractivity contribution in [1.29, 1.82) is 0 Å². The van der Waals surface area contributed by atoms with Gasteiger partial charge in [-0.3, -0.25) is 19.7 Å². The van der Waals surface area contributed by atoms with Crippen LogP contribution in [0, 0.1) is 10.1 Å². The summed E-state index contributed by atoms with van der Waals surface area (Å²) in [6.07, 6.45) is 1.41. The fourth-order valence-corrected chi connectivity index (χ4v) is 5.32. The molecular formula is C28H33N5O8. The van der Waals surface area contributed by atoms with Crippen LogP contribution in [0.25, 0.3) is 0 Å². The molecule has 2 heterocycles. The van der Waals surface area contributed by atoms with E-state index in [1.165, 1.54) is 32.4 Å². The van der Waals surface area contributed by atoms with Crippen molar-refractivity contribution in [3.05, 3.63) is 46.0 Å². The van der Waals surface area contributed by atoms with Crippen LogP contribution in [0.5, 0.6) is 11.5 Å².